The molecule has 0 aliphatic carbocycles. The van der Waals surface area contributed by atoms with Gasteiger partial charge < -0.3 is 9.84 Å². The predicted octanol–water partition coefficient (Wildman–Crippen LogP) is 1.41. The highest BCUT2D eigenvalue weighted by molar-refractivity contribution is 7.89. The number of carbonyl (C=O) groups is 1. The summed E-state index contributed by atoms with van der Waals surface area (Å²) in [6.07, 6.45) is 0.209. The van der Waals surface area contributed by atoms with Gasteiger partial charge in [0.05, 0.1) is 11.0 Å². The molecule has 6 nitrogen and oxygen atoms in total. The molecule has 0 saturated heterocycles. The van der Waals surface area contributed by atoms with Gasteiger partial charge in [0.25, 0.3) is 0 Å². The van der Waals surface area contributed by atoms with Gasteiger partial charge in [-0.25, -0.2) is 13.1 Å². The van der Waals surface area contributed by atoms with Crippen LogP contribution in [-0.4, -0.2) is 38.7 Å². The van der Waals surface area contributed by atoms with Crippen LogP contribution in [-0.2, 0) is 26.0 Å². The summed E-state index contributed by atoms with van der Waals surface area (Å²) in [6.45, 7) is 4.37. The number of hydrogen-bond donors (Lipinski definition) is 2. The lowest BCUT2D eigenvalue weighted by Crippen LogP contribution is -2.32. The Morgan fingerprint density at radius 2 is 1.95 bits per heavy atom. The summed E-state index contributed by atoms with van der Waals surface area (Å²) in [5, 5.41) is 8.61. The van der Waals surface area contributed by atoms with Crippen molar-refractivity contribution in [2.24, 2.45) is 0 Å². The molecule has 1 unspecified atom stereocenters. The zero-order valence-electron chi connectivity index (χ0n) is 12.2. The lowest BCUT2D eigenvalue weighted by Gasteiger charge is -2.13. The van der Waals surface area contributed by atoms with Gasteiger partial charge in [0.2, 0.25) is 10.0 Å². The molecule has 1 aromatic carbocycles. The zero-order valence-corrected chi connectivity index (χ0v) is 13.0. The lowest BCUT2D eigenvalue weighted by atomic mass is 10.1. The van der Waals surface area contributed by atoms with E-state index < -0.39 is 16.0 Å². The third kappa shape index (κ3) is 6.24. The molecule has 0 radical (unpaired) electrons. The Bertz CT molecular complexity index is 553. The van der Waals surface area contributed by atoms with Crippen LogP contribution in [0.4, 0.5) is 0 Å². The Hall–Kier alpha value is -1.44. The monoisotopic (exact) mass is 315 g/mol. The minimum Gasteiger partial charge on any atom is -0.481 e. The Balaban J connectivity index is 2.64. The molecule has 1 atom stereocenters. The van der Waals surface area contributed by atoms with E-state index in [4.69, 9.17) is 9.84 Å². The van der Waals surface area contributed by atoms with E-state index in [-0.39, 0.29) is 24.0 Å². The van der Waals surface area contributed by atoms with Crippen LogP contribution in [0.1, 0.15) is 25.8 Å². The molecule has 0 saturated carbocycles. The van der Waals surface area contributed by atoms with E-state index >= 15 is 0 Å². The molecule has 7 heteroatoms. The number of ether oxygens (including phenoxy) is 1. The Morgan fingerprint density at radius 1 is 1.33 bits per heavy atom. The molecule has 0 amide bonds. The SMILES string of the molecule is CCOC(C)CNS(=O)(=O)c1ccc(CCC(=O)O)cc1. The number of hydrogen-bond acceptors (Lipinski definition) is 4. The van der Waals surface area contributed by atoms with Crippen molar-refractivity contribution in [3.63, 3.8) is 0 Å². The highest BCUT2D eigenvalue weighted by atomic mass is 32.2. The fourth-order valence-corrected chi connectivity index (χ4v) is 2.86. The molecule has 1 aromatic rings. The van der Waals surface area contributed by atoms with Gasteiger partial charge in [-0.15, -0.1) is 0 Å². The number of carboxylic acids is 1. The number of aliphatic carboxylic acids is 1. The number of benzene rings is 1. The van der Waals surface area contributed by atoms with Crippen molar-refractivity contribution < 1.29 is 23.1 Å². The van der Waals surface area contributed by atoms with Crippen molar-refractivity contribution in [1.29, 1.82) is 0 Å². The second-order valence-corrected chi connectivity index (χ2v) is 6.42. The first kappa shape index (κ1) is 17.6. The lowest BCUT2D eigenvalue weighted by molar-refractivity contribution is -0.136. The molecule has 0 heterocycles. The third-order valence-corrected chi connectivity index (χ3v) is 4.31. The Labute approximate surface area is 125 Å². The van der Waals surface area contributed by atoms with Gasteiger partial charge in [0, 0.05) is 19.6 Å². The zero-order chi connectivity index (χ0) is 15.9. The standard InChI is InChI=1S/C14H21NO5S/c1-3-20-11(2)10-15-21(18,19)13-7-4-12(5-8-13)6-9-14(16)17/h4-5,7-8,11,15H,3,6,9-10H2,1-2H3,(H,16,17). The summed E-state index contributed by atoms with van der Waals surface area (Å²) < 4.78 is 31.9. The van der Waals surface area contributed by atoms with Crippen LogP contribution in [0.3, 0.4) is 0 Å². The largest absolute Gasteiger partial charge is 0.481 e. The van der Waals surface area contributed by atoms with E-state index in [2.05, 4.69) is 4.72 Å². The van der Waals surface area contributed by atoms with Gasteiger partial charge in [-0.1, -0.05) is 12.1 Å². The average Bonchev–Trinajstić information content (AvgIpc) is 2.44. The van der Waals surface area contributed by atoms with E-state index in [1.165, 1.54) is 12.1 Å². The number of rotatable bonds is 9. The predicted molar refractivity (Wildman–Crippen MR) is 78.7 cm³/mol. The molecule has 21 heavy (non-hydrogen) atoms. The quantitative estimate of drug-likeness (QED) is 0.718. The highest BCUT2D eigenvalue weighted by Crippen LogP contribution is 2.12. The van der Waals surface area contributed by atoms with Gasteiger partial charge in [0.15, 0.2) is 0 Å². The van der Waals surface area contributed by atoms with Crippen molar-refractivity contribution in [2.45, 2.75) is 37.7 Å². The van der Waals surface area contributed by atoms with Crippen molar-refractivity contribution in [1.82, 2.24) is 4.72 Å². The van der Waals surface area contributed by atoms with E-state index in [1.807, 2.05) is 6.92 Å². The molecular weight excluding hydrogens is 294 g/mol. The fourth-order valence-electron chi connectivity index (χ4n) is 1.74. The van der Waals surface area contributed by atoms with Crippen molar-refractivity contribution in [3.8, 4) is 0 Å². The molecule has 2 N–H and O–H groups in total. The van der Waals surface area contributed by atoms with Gasteiger partial charge in [-0.3, -0.25) is 4.79 Å². The van der Waals surface area contributed by atoms with Gasteiger partial charge in [-0.05, 0) is 38.0 Å². The first-order valence-electron chi connectivity index (χ1n) is 6.77. The van der Waals surface area contributed by atoms with E-state index in [1.54, 1.807) is 19.1 Å². The minimum atomic E-state index is -3.57. The maximum absolute atomic E-state index is 12.1. The maximum Gasteiger partial charge on any atom is 0.303 e. The fraction of sp³-hybridized carbons (Fsp3) is 0.500. The molecule has 0 spiro atoms. The second kappa shape index (κ2) is 8.11. The number of nitrogens with one attached hydrogen (secondary N) is 1. The highest BCUT2D eigenvalue weighted by Gasteiger charge is 2.15. The smallest absolute Gasteiger partial charge is 0.303 e. The summed E-state index contributed by atoms with van der Waals surface area (Å²) in [4.78, 5) is 10.6. The molecule has 0 aliphatic heterocycles. The van der Waals surface area contributed by atoms with Gasteiger partial charge in [0.1, 0.15) is 0 Å². The van der Waals surface area contributed by atoms with Crippen LogP contribution in [0.15, 0.2) is 29.2 Å². The summed E-state index contributed by atoms with van der Waals surface area (Å²) >= 11 is 0. The molecule has 0 aromatic heterocycles. The van der Waals surface area contributed by atoms with Gasteiger partial charge >= 0.3 is 5.97 Å². The van der Waals surface area contributed by atoms with Crippen LogP contribution < -0.4 is 4.72 Å². The Kier molecular flexibility index (Phi) is 6.80. The van der Waals surface area contributed by atoms with E-state index in [9.17, 15) is 13.2 Å². The first-order valence-corrected chi connectivity index (χ1v) is 8.25. The molecule has 1 rings (SSSR count). The maximum atomic E-state index is 12.1. The van der Waals surface area contributed by atoms with Crippen LogP contribution in [0, 0.1) is 0 Å². The normalized spacial score (nSPS) is 13.0. The number of aryl methyl sites for hydroxylation is 1. The summed E-state index contributed by atoms with van der Waals surface area (Å²) in [6, 6.07) is 6.21. The van der Waals surface area contributed by atoms with Crippen molar-refractivity contribution in [3.05, 3.63) is 29.8 Å². The van der Waals surface area contributed by atoms with E-state index in [0.29, 0.717) is 13.0 Å². The Morgan fingerprint density at radius 3 is 2.48 bits per heavy atom. The molecule has 0 aliphatic rings. The average molecular weight is 315 g/mol. The molecule has 0 fully saturated rings. The van der Waals surface area contributed by atoms with Crippen molar-refractivity contribution >= 4 is 16.0 Å². The van der Waals surface area contributed by atoms with Gasteiger partial charge in [-0.2, -0.15) is 0 Å². The third-order valence-electron chi connectivity index (χ3n) is 2.87. The summed E-state index contributed by atoms with van der Waals surface area (Å²) in [5.41, 5.74) is 0.791. The van der Waals surface area contributed by atoms with Crippen LogP contribution in [0.5, 0.6) is 0 Å². The number of carboxylic acid groups (broad SMARTS) is 1. The van der Waals surface area contributed by atoms with Crippen LogP contribution in [0.25, 0.3) is 0 Å². The van der Waals surface area contributed by atoms with Crippen LogP contribution in [0.2, 0.25) is 0 Å². The topological polar surface area (TPSA) is 92.7 Å². The summed E-state index contributed by atoms with van der Waals surface area (Å²) in [5.74, 6) is -0.877. The van der Waals surface area contributed by atoms with Crippen LogP contribution >= 0.6 is 0 Å². The van der Waals surface area contributed by atoms with Crippen molar-refractivity contribution in [2.75, 3.05) is 13.2 Å². The minimum absolute atomic E-state index is 0.0240. The summed E-state index contributed by atoms with van der Waals surface area (Å²) in [7, 11) is -3.57. The molecule has 118 valence electrons. The second-order valence-electron chi connectivity index (χ2n) is 4.66. The molecule has 0 bridgehead atoms. The molecular formula is C14H21NO5S. The number of sulfonamides is 1. The first-order chi connectivity index (χ1) is 9.85. The van der Waals surface area contributed by atoms with E-state index in [0.717, 1.165) is 5.56 Å².